The first kappa shape index (κ1) is 9.45. The fourth-order valence-electron chi connectivity index (χ4n) is 1.37. The number of nitrogens with zero attached hydrogens (tertiary/aromatic N) is 1. The minimum absolute atomic E-state index is 0.0728. The van der Waals surface area contributed by atoms with E-state index >= 15 is 0 Å². The Kier molecular flexibility index (Phi) is 2.49. The number of anilines is 1. The van der Waals surface area contributed by atoms with E-state index in [0.29, 0.717) is 0 Å². The van der Waals surface area contributed by atoms with Crippen molar-refractivity contribution in [2.75, 3.05) is 11.9 Å². The van der Waals surface area contributed by atoms with E-state index in [2.05, 4.69) is 10.3 Å². The number of carbonyl (C=O) groups is 1. The van der Waals surface area contributed by atoms with Crippen molar-refractivity contribution in [2.24, 2.45) is 0 Å². The molecular formula is C11H10N2O2. The van der Waals surface area contributed by atoms with Crippen LogP contribution in [0.1, 0.15) is 0 Å². The van der Waals surface area contributed by atoms with Crippen LogP contribution < -0.4 is 5.32 Å². The third-order valence-electron chi connectivity index (χ3n) is 2.08. The molecule has 1 aromatic heterocycles. The summed E-state index contributed by atoms with van der Waals surface area (Å²) in [6, 6.07) is 7.54. The monoisotopic (exact) mass is 202 g/mol. The van der Waals surface area contributed by atoms with Crippen molar-refractivity contribution in [3.8, 4) is 0 Å². The number of aromatic nitrogens is 1. The highest BCUT2D eigenvalue weighted by Gasteiger charge is 1.98. The van der Waals surface area contributed by atoms with Gasteiger partial charge in [0.1, 0.15) is 6.54 Å². The van der Waals surface area contributed by atoms with Crippen LogP contribution in [0, 0.1) is 0 Å². The Morgan fingerprint density at radius 3 is 3.00 bits per heavy atom. The lowest BCUT2D eigenvalue weighted by Gasteiger charge is -2.04. The Balaban J connectivity index is 2.26. The molecule has 0 aliphatic rings. The number of fused-ring (bicyclic) bond motifs is 1. The first-order valence-corrected chi connectivity index (χ1v) is 4.55. The van der Waals surface area contributed by atoms with E-state index < -0.39 is 5.97 Å². The number of benzene rings is 1. The quantitative estimate of drug-likeness (QED) is 0.795. The molecule has 0 radical (unpaired) electrons. The summed E-state index contributed by atoms with van der Waals surface area (Å²) in [5.74, 6) is -0.871. The predicted octanol–water partition coefficient (Wildman–Crippen LogP) is 1.73. The van der Waals surface area contributed by atoms with Crippen molar-refractivity contribution in [3.63, 3.8) is 0 Å². The highest BCUT2D eigenvalue weighted by molar-refractivity contribution is 5.85. The van der Waals surface area contributed by atoms with Gasteiger partial charge in [-0.15, -0.1) is 0 Å². The number of pyridine rings is 1. The lowest BCUT2D eigenvalue weighted by Crippen LogP contribution is -2.12. The minimum atomic E-state index is -0.871. The summed E-state index contributed by atoms with van der Waals surface area (Å²) in [7, 11) is 0. The van der Waals surface area contributed by atoms with Gasteiger partial charge in [-0.3, -0.25) is 9.78 Å². The fraction of sp³-hybridized carbons (Fsp3) is 0.0909. The average Bonchev–Trinajstić information content (AvgIpc) is 2.26. The Morgan fingerprint density at radius 2 is 2.20 bits per heavy atom. The van der Waals surface area contributed by atoms with E-state index in [1.54, 1.807) is 12.4 Å². The van der Waals surface area contributed by atoms with Crippen molar-refractivity contribution < 1.29 is 9.90 Å². The van der Waals surface area contributed by atoms with Crippen molar-refractivity contribution in [3.05, 3.63) is 36.7 Å². The smallest absolute Gasteiger partial charge is 0.322 e. The van der Waals surface area contributed by atoms with Gasteiger partial charge < -0.3 is 10.4 Å². The van der Waals surface area contributed by atoms with Crippen molar-refractivity contribution in [1.82, 2.24) is 4.98 Å². The number of aliphatic carboxylic acids is 1. The van der Waals surface area contributed by atoms with Crippen LogP contribution in [-0.4, -0.2) is 22.6 Å². The summed E-state index contributed by atoms with van der Waals surface area (Å²) in [5, 5.41) is 13.4. The molecule has 2 aromatic rings. The molecule has 0 spiro atoms. The van der Waals surface area contributed by atoms with E-state index in [9.17, 15) is 4.79 Å². The number of rotatable bonds is 3. The number of nitrogens with one attached hydrogen (secondary N) is 1. The second kappa shape index (κ2) is 3.96. The van der Waals surface area contributed by atoms with Crippen LogP contribution in [-0.2, 0) is 4.79 Å². The number of hydrogen-bond donors (Lipinski definition) is 2. The summed E-state index contributed by atoms with van der Waals surface area (Å²) in [5.41, 5.74) is 0.802. The molecule has 0 unspecified atom stereocenters. The van der Waals surface area contributed by atoms with Crippen LogP contribution in [0.2, 0.25) is 0 Å². The van der Waals surface area contributed by atoms with Gasteiger partial charge in [0.2, 0.25) is 0 Å². The van der Waals surface area contributed by atoms with Gasteiger partial charge in [-0.25, -0.2) is 0 Å². The van der Waals surface area contributed by atoms with Crippen molar-refractivity contribution in [1.29, 1.82) is 0 Å². The highest BCUT2D eigenvalue weighted by Crippen LogP contribution is 2.17. The highest BCUT2D eigenvalue weighted by atomic mass is 16.4. The van der Waals surface area contributed by atoms with Crippen LogP contribution in [0.25, 0.3) is 10.8 Å². The van der Waals surface area contributed by atoms with Gasteiger partial charge in [-0.2, -0.15) is 0 Å². The van der Waals surface area contributed by atoms with Crippen LogP contribution in [0.15, 0.2) is 36.7 Å². The van der Waals surface area contributed by atoms with E-state index in [4.69, 9.17) is 5.11 Å². The summed E-state index contributed by atoms with van der Waals surface area (Å²) in [6.45, 7) is -0.0728. The molecule has 1 aromatic carbocycles. The van der Waals surface area contributed by atoms with Crippen LogP contribution in [0.5, 0.6) is 0 Å². The largest absolute Gasteiger partial charge is 0.480 e. The van der Waals surface area contributed by atoms with Gasteiger partial charge in [0.25, 0.3) is 0 Å². The zero-order chi connectivity index (χ0) is 10.7. The summed E-state index contributed by atoms with van der Waals surface area (Å²) in [4.78, 5) is 14.4. The minimum Gasteiger partial charge on any atom is -0.480 e. The maximum absolute atomic E-state index is 10.4. The second-order valence-corrected chi connectivity index (χ2v) is 3.18. The molecular weight excluding hydrogens is 192 g/mol. The average molecular weight is 202 g/mol. The summed E-state index contributed by atoms with van der Waals surface area (Å²) >= 11 is 0. The van der Waals surface area contributed by atoms with Gasteiger partial charge >= 0.3 is 5.97 Å². The van der Waals surface area contributed by atoms with E-state index in [-0.39, 0.29) is 6.54 Å². The maximum atomic E-state index is 10.4. The van der Waals surface area contributed by atoms with Gasteiger partial charge in [0.05, 0.1) is 0 Å². The lowest BCUT2D eigenvalue weighted by atomic mass is 10.1. The fourth-order valence-corrected chi connectivity index (χ4v) is 1.37. The molecule has 1 heterocycles. The first-order chi connectivity index (χ1) is 7.25. The Bertz CT molecular complexity index is 497. The molecule has 0 aliphatic heterocycles. The molecule has 76 valence electrons. The molecule has 4 heteroatoms. The third-order valence-corrected chi connectivity index (χ3v) is 2.08. The lowest BCUT2D eigenvalue weighted by molar-refractivity contribution is -0.134. The van der Waals surface area contributed by atoms with Crippen LogP contribution in [0.4, 0.5) is 5.69 Å². The molecule has 0 saturated heterocycles. The molecule has 0 amide bonds. The van der Waals surface area contributed by atoms with E-state index in [1.165, 1.54) is 0 Å². The zero-order valence-corrected chi connectivity index (χ0v) is 7.97. The first-order valence-electron chi connectivity index (χ1n) is 4.55. The number of carboxylic acids is 1. The molecule has 0 atom stereocenters. The van der Waals surface area contributed by atoms with Gasteiger partial charge in [0, 0.05) is 23.5 Å². The molecule has 0 aliphatic carbocycles. The molecule has 0 saturated carbocycles. The third kappa shape index (κ3) is 2.22. The predicted molar refractivity (Wildman–Crippen MR) is 57.9 cm³/mol. The molecule has 2 rings (SSSR count). The van der Waals surface area contributed by atoms with E-state index in [0.717, 1.165) is 16.5 Å². The van der Waals surface area contributed by atoms with Crippen LogP contribution in [0.3, 0.4) is 0 Å². The molecule has 15 heavy (non-hydrogen) atoms. The molecule has 2 N–H and O–H groups in total. The standard InChI is InChI=1S/C11H10N2O2/c14-11(15)7-13-10-2-1-9-6-12-4-3-8(9)5-10/h1-6,13H,7H2,(H,14,15). The molecule has 4 nitrogen and oxygen atoms in total. The van der Waals surface area contributed by atoms with Gasteiger partial charge in [-0.05, 0) is 23.6 Å². The Hall–Kier alpha value is -2.10. The Labute approximate surface area is 86.6 Å². The maximum Gasteiger partial charge on any atom is 0.322 e. The summed E-state index contributed by atoms with van der Waals surface area (Å²) < 4.78 is 0. The zero-order valence-electron chi connectivity index (χ0n) is 7.97. The van der Waals surface area contributed by atoms with Crippen LogP contribution >= 0.6 is 0 Å². The van der Waals surface area contributed by atoms with Crippen molar-refractivity contribution >= 4 is 22.4 Å². The normalized spacial score (nSPS) is 10.1. The summed E-state index contributed by atoms with van der Waals surface area (Å²) in [6.07, 6.45) is 3.49. The van der Waals surface area contributed by atoms with Gasteiger partial charge in [0.15, 0.2) is 0 Å². The van der Waals surface area contributed by atoms with Crippen molar-refractivity contribution in [2.45, 2.75) is 0 Å². The number of hydrogen-bond acceptors (Lipinski definition) is 3. The topological polar surface area (TPSA) is 62.2 Å². The van der Waals surface area contributed by atoms with Gasteiger partial charge in [-0.1, -0.05) is 6.07 Å². The molecule has 0 bridgehead atoms. The SMILES string of the molecule is O=C(O)CNc1ccc2cnccc2c1. The Morgan fingerprint density at radius 1 is 1.33 bits per heavy atom. The van der Waals surface area contributed by atoms with E-state index in [1.807, 2.05) is 24.3 Å². The number of carboxylic acid groups (broad SMARTS) is 1. The molecule has 0 fully saturated rings. The second-order valence-electron chi connectivity index (χ2n) is 3.18.